The van der Waals surface area contributed by atoms with Crippen molar-refractivity contribution < 1.29 is 13.5 Å². The molecule has 1 aromatic rings. The van der Waals surface area contributed by atoms with Crippen LogP contribution in [0.4, 0.5) is 5.69 Å². The zero-order valence-corrected chi connectivity index (χ0v) is 13.1. The van der Waals surface area contributed by atoms with Crippen molar-refractivity contribution in [3.05, 3.63) is 22.7 Å². The number of β-amino-alcohol motifs (C(OH)–C–C–N with tert-alkyl or cyclic N) is 1. The number of nitrogen functional groups attached to an aromatic ring is 1. The maximum absolute atomic E-state index is 12.7. The van der Waals surface area contributed by atoms with E-state index in [1.165, 1.54) is 16.4 Å². The fourth-order valence-corrected chi connectivity index (χ4v) is 4.63. The predicted octanol–water partition coefficient (Wildman–Crippen LogP) is 1.77. The van der Waals surface area contributed by atoms with E-state index in [0.717, 1.165) is 0 Å². The molecule has 1 aromatic carbocycles. The van der Waals surface area contributed by atoms with Crippen molar-refractivity contribution in [3.63, 3.8) is 0 Å². The van der Waals surface area contributed by atoms with Crippen molar-refractivity contribution in [2.75, 3.05) is 18.8 Å². The highest BCUT2D eigenvalue weighted by molar-refractivity contribution is 7.89. The Morgan fingerprint density at radius 1 is 1.45 bits per heavy atom. The lowest BCUT2D eigenvalue weighted by atomic mass is 9.97. The molecule has 0 bridgehead atoms. The van der Waals surface area contributed by atoms with Crippen LogP contribution in [-0.4, -0.2) is 36.5 Å². The summed E-state index contributed by atoms with van der Waals surface area (Å²) < 4.78 is 26.7. The molecule has 0 spiro atoms. The molecular formula is C13H19ClN2O3S. The van der Waals surface area contributed by atoms with Crippen LogP contribution in [0.2, 0.25) is 5.02 Å². The molecule has 3 N–H and O–H groups in total. The van der Waals surface area contributed by atoms with Gasteiger partial charge in [0.15, 0.2) is 0 Å². The van der Waals surface area contributed by atoms with Gasteiger partial charge in [-0.1, -0.05) is 11.6 Å². The van der Waals surface area contributed by atoms with Gasteiger partial charge in [0, 0.05) is 23.8 Å². The van der Waals surface area contributed by atoms with Gasteiger partial charge in [0.1, 0.15) is 0 Å². The summed E-state index contributed by atoms with van der Waals surface area (Å²) in [5.74, 6) is 0. The average Bonchev–Trinajstić information content (AvgIpc) is 2.32. The number of nitrogens with zero attached hydrogens (tertiary/aromatic N) is 1. The van der Waals surface area contributed by atoms with Crippen LogP contribution in [0.5, 0.6) is 0 Å². The number of rotatable bonds is 2. The highest BCUT2D eigenvalue weighted by Crippen LogP contribution is 2.31. The summed E-state index contributed by atoms with van der Waals surface area (Å²) in [6.45, 7) is 3.78. The molecule has 7 heteroatoms. The minimum atomic E-state index is -3.70. The molecule has 0 aromatic heterocycles. The van der Waals surface area contributed by atoms with Gasteiger partial charge in [0.25, 0.3) is 0 Å². The molecule has 1 aliphatic rings. The normalized spacial score (nSPS) is 24.8. The number of halogens is 1. The van der Waals surface area contributed by atoms with Crippen LogP contribution in [0, 0.1) is 6.92 Å². The van der Waals surface area contributed by atoms with Crippen LogP contribution in [-0.2, 0) is 10.0 Å². The van der Waals surface area contributed by atoms with Crippen LogP contribution in [0.15, 0.2) is 17.0 Å². The first-order valence-electron chi connectivity index (χ1n) is 6.42. The molecule has 1 aliphatic heterocycles. The van der Waals surface area contributed by atoms with Crippen LogP contribution < -0.4 is 5.73 Å². The Balaban J connectivity index is 2.46. The Labute approximate surface area is 124 Å². The van der Waals surface area contributed by atoms with E-state index >= 15 is 0 Å². The third-order valence-corrected chi connectivity index (χ3v) is 5.81. The second-order valence-electron chi connectivity index (χ2n) is 5.56. The van der Waals surface area contributed by atoms with E-state index in [0.29, 0.717) is 30.6 Å². The van der Waals surface area contributed by atoms with Gasteiger partial charge in [-0.15, -0.1) is 0 Å². The van der Waals surface area contributed by atoms with Crippen molar-refractivity contribution in [2.45, 2.75) is 37.2 Å². The third kappa shape index (κ3) is 2.93. The molecule has 1 fully saturated rings. The lowest BCUT2D eigenvalue weighted by Crippen LogP contribution is -2.48. The molecule has 0 aliphatic carbocycles. The van der Waals surface area contributed by atoms with Gasteiger partial charge in [0.05, 0.1) is 10.5 Å². The Hall–Kier alpha value is -0.820. The molecule has 0 radical (unpaired) electrons. The predicted molar refractivity (Wildman–Crippen MR) is 79.2 cm³/mol. The standard InChI is InChI=1S/C13H19ClN2O3S/c1-9-11(15)6-10(14)7-12(9)20(18,19)16-5-3-4-13(2,17)8-16/h6-7,17H,3-5,8,15H2,1-2H3. The van der Waals surface area contributed by atoms with Gasteiger partial charge >= 0.3 is 0 Å². The van der Waals surface area contributed by atoms with E-state index < -0.39 is 15.6 Å². The van der Waals surface area contributed by atoms with E-state index in [1.54, 1.807) is 13.8 Å². The molecule has 1 atom stereocenters. The third-order valence-electron chi connectivity index (χ3n) is 3.62. The maximum atomic E-state index is 12.7. The van der Waals surface area contributed by atoms with Crippen molar-refractivity contribution in [3.8, 4) is 0 Å². The summed E-state index contributed by atoms with van der Waals surface area (Å²) in [6.07, 6.45) is 1.22. The Morgan fingerprint density at radius 2 is 2.10 bits per heavy atom. The van der Waals surface area contributed by atoms with Crippen molar-refractivity contribution in [1.29, 1.82) is 0 Å². The van der Waals surface area contributed by atoms with Crippen LogP contribution in [0.25, 0.3) is 0 Å². The Bertz CT molecular complexity index is 629. The quantitative estimate of drug-likeness (QED) is 0.814. The summed E-state index contributed by atoms with van der Waals surface area (Å²) in [5, 5.41) is 10.4. The van der Waals surface area contributed by atoms with E-state index in [2.05, 4.69) is 0 Å². The molecular weight excluding hydrogens is 300 g/mol. The van der Waals surface area contributed by atoms with E-state index in [4.69, 9.17) is 17.3 Å². The first kappa shape index (κ1) is 15.6. The fourth-order valence-electron chi connectivity index (χ4n) is 2.46. The molecule has 0 saturated carbocycles. The fraction of sp³-hybridized carbons (Fsp3) is 0.538. The lowest BCUT2D eigenvalue weighted by molar-refractivity contribution is 0.00939. The molecule has 5 nitrogen and oxygen atoms in total. The highest BCUT2D eigenvalue weighted by Gasteiger charge is 2.36. The molecule has 20 heavy (non-hydrogen) atoms. The van der Waals surface area contributed by atoms with Crippen LogP contribution in [0.3, 0.4) is 0 Å². The molecule has 112 valence electrons. The monoisotopic (exact) mass is 318 g/mol. The number of hydrogen-bond donors (Lipinski definition) is 2. The summed E-state index contributed by atoms with van der Waals surface area (Å²) in [4.78, 5) is 0.111. The number of aliphatic hydroxyl groups is 1. The second-order valence-corrected chi connectivity index (χ2v) is 7.90. The summed E-state index contributed by atoms with van der Waals surface area (Å²) in [5.41, 5.74) is 5.62. The summed E-state index contributed by atoms with van der Waals surface area (Å²) in [6, 6.07) is 2.94. The van der Waals surface area contributed by atoms with E-state index in [-0.39, 0.29) is 16.5 Å². The molecule has 1 unspecified atom stereocenters. The Morgan fingerprint density at radius 3 is 2.70 bits per heavy atom. The van der Waals surface area contributed by atoms with Crippen molar-refractivity contribution in [2.24, 2.45) is 0 Å². The van der Waals surface area contributed by atoms with Gasteiger partial charge in [-0.3, -0.25) is 0 Å². The van der Waals surface area contributed by atoms with E-state index in [1.807, 2.05) is 0 Å². The number of hydrogen-bond acceptors (Lipinski definition) is 4. The second kappa shape index (κ2) is 5.18. The molecule has 2 rings (SSSR count). The average molecular weight is 319 g/mol. The summed E-state index contributed by atoms with van der Waals surface area (Å²) in [7, 11) is -3.70. The van der Waals surface area contributed by atoms with Crippen molar-refractivity contribution in [1.82, 2.24) is 4.31 Å². The molecule has 1 saturated heterocycles. The number of sulfonamides is 1. The molecule has 1 heterocycles. The summed E-state index contributed by atoms with van der Waals surface area (Å²) >= 11 is 5.91. The van der Waals surface area contributed by atoms with Crippen molar-refractivity contribution >= 4 is 27.3 Å². The SMILES string of the molecule is Cc1c(N)cc(Cl)cc1S(=O)(=O)N1CCCC(C)(O)C1. The zero-order valence-electron chi connectivity index (χ0n) is 11.6. The van der Waals surface area contributed by atoms with Crippen LogP contribution >= 0.6 is 11.6 Å². The van der Waals surface area contributed by atoms with Crippen LogP contribution in [0.1, 0.15) is 25.3 Å². The smallest absolute Gasteiger partial charge is 0.243 e. The minimum Gasteiger partial charge on any atom is -0.398 e. The first-order chi connectivity index (χ1) is 9.13. The minimum absolute atomic E-state index is 0.0845. The number of anilines is 1. The number of benzene rings is 1. The Kier molecular flexibility index (Phi) is 4.03. The molecule has 0 amide bonds. The highest BCUT2D eigenvalue weighted by atomic mass is 35.5. The topological polar surface area (TPSA) is 83.6 Å². The van der Waals surface area contributed by atoms with E-state index in [9.17, 15) is 13.5 Å². The zero-order chi connectivity index (χ0) is 15.1. The van der Waals surface area contributed by atoms with Gasteiger partial charge in [-0.25, -0.2) is 8.42 Å². The van der Waals surface area contributed by atoms with Gasteiger partial charge in [0.2, 0.25) is 10.0 Å². The number of piperidine rings is 1. The van der Waals surface area contributed by atoms with Gasteiger partial charge in [-0.2, -0.15) is 4.31 Å². The van der Waals surface area contributed by atoms with Gasteiger partial charge < -0.3 is 10.8 Å². The largest absolute Gasteiger partial charge is 0.398 e. The van der Waals surface area contributed by atoms with Gasteiger partial charge in [-0.05, 0) is 44.4 Å². The lowest BCUT2D eigenvalue weighted by Gasteiger charge is -2.36. The first-order valence-corrected chi connectivity index (χ1v) is 8.23. The number of nitrogens with two attached hydrogens (primary N) is 1. The maximum Gasteiger partial charge on any atom is 0.243 e.